The molecule has 2 heterocycles. The topological polar surface area (TPSA) is 56.7 Å². The molecule has 0 saturated heterocycles. The van der Waals surface area contributed by atoms with Crippen molar-refractivity contribution in [3.8, 4) is 11.6 Å². The van der Waals surface area contributed by atoms with E-state index in [1.165, 1.54) is 0 Å². The van der Waals surface area contributed by atoms with Gasteiger partial charge < -0.3 is 4.42 Å². The lowest BCUT2D eigenvalue weighted by molar-refractivity contribution is 0.509. The molecule has 0 bridgehead atoms. The molecule has 108 valence electrons. The number of aromatic nitrogens is 4. The molecule has 0 fully saturated rings. The average molecular weight is 368 g/mol. The summed E-state index contributed by atoms with van der Waals surface area (Å²) < 4.78 is 8.38. The average Bonchev–Trinajstić information content (AvgIpc) is 3.05. The van der Waals surface area contributed by atoms with Crippen LogP contribution in [0.4, 0.5) is 0 Å². The molecule has 1 aromatic carbocycles. The van der Waals surface area contributed by atoms with E-state index in [4.69, 9.17) is 16.0 Å². The van der Waals surface area contributed by atoms with Gasteiger partial charge in [-0.2, -0.15) is 5.10 Å². The Hall–Kier alpha value is -1.66. The maximum absolute atomic E-state index is 5.97. The first kappa shape index (κ1) is 14.3. The van der Waals surface area contributed by atoms with Crippen molar-refractivity contribution in [2.24, 2.45) is 0 Å². The first-order chi connectivity index (χ1) is 10.2. The van der Waals surface area contributed by atoms with E-state index in [0.717, 1.165) is 22.3 Å². The molecular formula is C14H12BrClN4O. The van der Waals surface area contributed by atoms with Gasteiger partial charge in [0.1, 0.15) is 5.69 Å². The highest BCUT2D eigenvalue weighted by molar-refractivity contribution is 9.10. The fourth-order valence-corrected chi connectivity index (χ4v) is 2.74. The van der Waals surface area contributed by atoms with Crippen molar-refractivity contribution < 1.29 is 4.42 Å². The number of hydrogen-bond acceptors (Lipinski definition) is 4. The highest BCUT2D eigenvalue weighted by Gasteiger charge is 2.17. The highest BCUT2D eigenvalue weighted by atomic mass is 79.9. The predicted molar refractivity (Wildman–Crippen MR) is 83.2 cm³/mol. The summed E-state index contributed by atoms with van der Waals surface area (Å²) in [6, 6.07) is 7.60. The van der Waals surface area contributed by atoms with E-state index in [1.807, 2.05) is 31.2 Å². The Bertz CT molecular complexity index is 768. The summed E-state index contributed by atoms with van der Waals surface area (Å²) in [5.41, 5.74) is 1.82. The summed E-state index contributed by atoms with van der Waals surface area (Å²) >= 11 is 9.43. The van der Waals surface area contributed by atoms with Gasteiger partial charge >= 0.3 is 0 Å². The fourth-order valence-electron chi connectivity index (χ4n) is 2.06. The van der Waals surface area contributed by atoms with Crippen LogP contribution in [0.2, 0.25) is 5.02 Å². The van der Waals surface area contributed by atoms with E-state index >= 15 is 0 Å². The van der Waals surface area contributed by atoms with Crippen LogP contribution in [0.1, 0.15) is 18.4 Å². The van der Waals surface area contributed by atoms with Gasteiger partial charge in [-0.3, -0.25) is 4.68 Å². The summed E-state index contributed by atoms with van der Waals surface area (Å²) in [6.45, 7) is 2.74. The smallest absolute Gasteiger partial charge is 0.267 e. The van der Waals surface area contributed by atoms with E-state index in [2.05, 4.69) is 31.2 Å². The molecule has 0 saturated carbocycles. The molecule has 21 heavy (non-hydrogen) atoms. The van der Waals surface area contributed by atoms with Crippen LogP contribution in [-0.4, -0.2) is 20.0 Å². The zero-order valence-corrected chi connectivity index (χ0v) is 13.6. The van der Waals surface area contributed by atoms with Crippen molar-refractivity contribution in [2.45, 2.75) is 19.9 Å². The van der Waals surface area contributed by atoms with Crippen molar-refractivity contribution in [3.63, 3.8) is 0 Å². The van der Waals surface area contributed by atoms with Gasteiger partial charge in [0.05, 0.1) is 17.1 Å². The van der Waals surface area contributed by atoms with E-state index in [-0.39, 0.29) is 0 Å². The van der Waals surface area contributed by atoms with Gasteiger partial charge in [-0.25, -0.2) is 0 Å². The summed E-state index contributed by atoms with van der Waals surface area (Å²) in [7, 11) is 0. The van der Waals surface area contributed by atoms with Crippen LogP contribution in [0.25, 0.3) is 11.6 Å². The maximum atomic E-state index is 5.97. The van der Waals surface area contributed by atoms with Crippen LogP contribution in [-0.2, 0) is 13.0 Å². The summed E-state index contributed by atoms with van der Waals surface area (Å²) in [5.74, 6) is 1.00. The van der Waals surface area contributed by atoms with Gasteiger partial charge in [0.15, 0.2) is 0 Å². The van der Waals surface area contributed by atoms with Crippen LogP contribution in [0.15, 0.2) is 39.4 Å². The first-order valence-electron chi connectivity index (χ1n) is 6.46. The summed E-state index contributed by atoms with van der Waals surface area (Å²) in [5, 5.41) is 13.1. The third-order valence-electron chi connectivity index (χ3n) is 3.01. The Kier molecular flexibility index (Phi) is 4.07. The minimum absolute atomic E-state index is 0.457. The lowest BCUT2D eigenvalue weighted by atomic mass is 10.1. The third-order valence-corrected chi connectivity index (χ3v) is 3.82. The van der Waals surface area contributed by atoms with Gasteiger partial charge in [0, 0.05) is 11.6 Å². The molecule has 5 nitrogen and oxygen atoms in total. The monoisotopic (exact) mass is 366 g/mol. The molecule has 0 aliphatic rings. The molecule has 0 radical (unpaired) electrons. The number of rotatable bonds is 4. The normalized spacial score (nSPS) is 11.0. The Morgan fingerprint density at radius 3 is 2.95 bits per heavy atom. The van der Waals surface area contributed by atoms with Crippen molar-refractivity contribution in [1.82, 2.24) is 20.0 Å². The molecule has 0 aliphatic heterocycles. The first-order valence-corrected chi connectivity index (χ1v) is 7.63. The minimum atomic E-state index is 0.457. The van der Waals surface area contributed by atoms with Gasteiger partial charge in [-0.15, -0.1) is 10.2 Å². The molecule has 0 spiro atoms. The van der Waals surface area contributed by atoms with Crippen molar-refractivity contribution in [2.75, 3.05) is 0 Å². The number of nitrogens with zero attached hydrogens (tertiary/aromatic N) is 4. The molecular weight excluding hydrogens is 356 g/mol. The zero-order chi connectivity index (χ0) is 14.8. The van der Waals surface area contributed by atoms with Gasteiger partial charge in [0.2, 0.25) is 5.89 Å². The largest absolute Gasteiger partial charge is 0.419 e. The molecule has 0 atom stereocenters. The Morgan fingerprint density at radius 1 is 1.33 bits per heavy atom. The fraction of sp³-hybridized carbons (Fsp3) is 0.214. The lowest BCUT2D eigenvalue weighted by Gasteiger charge is -2.00. The van der Waals surface area contributed by atoms with Crippen molar-refractivity contribution in [1.29, 1.82) is 0 Å². The standard InChI is InChI=1S/C14H12BrClN4O/c1-2-20-13(11(15)8-17-20)14-19-18-12(21-14)7-9-4-3-5-10(16)6-9/h3-6,8H,2,7H2,1H3. The van der Waals surface area contributed by atoms with Crippen LogP contribution < -0.4 is 0 Å². The summed E-state index contributed by atoms with van der Waals surface area (Å²) in [6.07, 6.45) is 2.27. The SMILES string of the molecule is CCn1ncc(Br)c1-c1nnc(Cc2cccc(Cl)c2)o1. The lowest BCUT2D eigenvalue weighted by Crippen LogP contribution is -1.99. The second-order valence-corrected chi connectivity index (χ2v) is 5.76. The number of hydrogen-bond donors (Lipinski definition) is 0. The molecule has 0 unspecified atom stereocenters. The van der Waals surface area contributed by atoms with Crippen LogP contribution >= 0.6 is 27.5 Å². The van der Waals surface area contributed by atoms with Crippen molar-refractivity contribution in [3.05, 3.63) is 51.4 Å². The Labute approximate surface area is 135 Å². The molecule has 0 aliphatic carbocycles. The van der Waals surface area contributed by atoms with Crippen LogP contribution in [0.3, 0.4) is 0 Å². The number of benzene rings is 1. The number of halogens is 2. The van der Waals surface area contributed by atoms with Crippen LogP contribution in [0, 0.1) is 0 Å². The second kappa shape index (κ2) is 5.99. The van der Waals surface area contributed by atoms with Gasteiger partial charge in [-0.1, -0.05) is 23.7 Å². The van der Waals surface area contributed by atoms with E-state index in [9.17, 15) is 0 Å². The molecule has 0 amide bonds. The van der Waals surface area contributed by atoms with E-state index in [0.29, 0.717) is 23.2 Å². The second-order valence-electron chi connectivity index (χ2n) is 4.46. The van der Waals surface area contributed by atoms with Gasteiger partial charge in [-0.05, 0) is 40.5 Å². The van der Waals surface area contributed by atoms with Crippen LogP contribution in [0.5, 0.6) is 0 Å². The Balaban J connectivity index is 1.88. The predicted octanol–water partition coefficient (Wildman–Crippen LogP) is 3.96. The molecule has 0 N–H and O–H groups in total. The molecule has 2 aromatic heterocycles. The summed E-state index contributed by atoms with van der Waals surface area (Å²) in [4.78, 5) is 0. The zero-order valence-electron chi connectivity index (χ0n) is 11.3. The molecule has 7 heteroatoms. The maximum Gasteiger partial charge on any atom is 0.267 e. The third kappa shape index (κ3) is 3.01. The quantitative estimate of drug-likeness (QED) is 0.700. The number of aryl methyl sites for hydroxylation is 1. The van der Waals surface area contributed by atoms with E-state index < -0.39 is 0 Å². The van der Waals surface area contributed by atoms with Crippen molar-refractivity contribution >= 4 is 27.5 Å². The minimum Gasteiger partial charge on any atom is -0.419 e. The molecule has 3 aromatic rings. The van der Waals surface area contributed by atoms with E-state index in [1.54, 1.807) is 10.9 Å². The highest BCUT2D eigenvalue weighted by Crippen LogP contribution is 2.27. The van der Waals surface area contributed by atoms with Gasteiger partial charge in [0.25, 0.3) is 5.89 Å². The molecule has 3 rings (SSSR count). The Morgan fingerprint density at radius 2 is 2.19 bits per heavy atom.